The number of amides is 4. The standard InChI is InChI=1S/C20H16F3N3O4.C13H19Cl3N2O3/c21-10-5-14(22)12(15(23)6-10)7-24-19(29)13-9-26-11-3-1-2-4-25(8-11)20(30)16(26)18(28)17(13)27;1-12(2,3)21-11(20)18-7-5-4-6-9(8-18)17-10(19)13(14,15)16/h1,3,5-6,9,11,28H,2,4,7-8H2,(H,24,29);4,6,9H,5,7-8H2,1-3H3,(H,17,19)/t11-;9-/m00/s1. The molecule has 0 fully saturated rings. The molecule has 3 aliphatic rings. The highest BCUT2D eigenvalue weighted by Crippen LogP contribution is 2.29. The number of carbonyl (C=O) groups is 4. The maximum Gasteiger partial charge on any atom is 0.410 e. The Bertz CT molecular complexity index is 1800. The van der Waals surface area contributed by atoms with Crippen LogP contribution in [0.3, 0.4) is 0 Å². The van der Waals surface area contributed by atoms with Gasteiger partial charge in [-0.05, 0) is 33.6 Å². The van der Waals surface area contributed by atoms with Gasteiger partial charge in [0, 0.05) is 56.6 Å². The van der Waals surface area contributed by atoms with Crippen molar-refractivity contribution in [3.05, 3.63) is 87.1 Å². The first-order valence-corrected chi connectivity index (χ1v) is 16.8. The second-order valence-corrected chi connectivity index (χ2v) is 15.0. The van der Waals surface area contributed by atoms with Crippen LogP contribution in [-0.4, -0.2) is 84.9 Å². The smallest absolute Gasteiger partial charge is 0.410 e. The summed E-state index contributed by atoms with van der Waals surface area (Å²) < 4.78 is 45.2. The van der Waals surface area contributed by atoms with Crippen molar-refractivity contribution in [1.82, 2.24) is 25.0 Å². The molecule has 2 bridgehead atoms. The molecule has 0 unspecified atom stereocenters. The summed E-state index contributed by atoms with van der Waals surface area (Å²) >= 11 is 16.6. The molecule has 0 radical (unpaired) electrons. The molecule has 2 aromatic rings. The van der Waals surface area contributed by atoms with Crippen LogP contribution < -0.4 is 16.1 Å². The zero-order valence-electron chi connectivity index (χ0n) is 27.7. The Hall–Kier alpha value is -4.21. The molecule has 18 heteroatoms. The van der Waals surface area contributed by atoms with Crippen LogP contribution in [0.4, 0.5) is 18.0 Å². The summed E-state index contributed by atoms with van der Waals surface area (Å²) in [5, 5.41) is 15.1. The molecular formula is C33H35Cl3F3N5O7. The van der Waals surface area contributed by atoms with Crippen molar-refractivity contribution in [2.75, 3.05) is 26.2 Å². The summed E-state index contributed by atoms with van der Waals surface area (Å²) in [5.74, 6) is -6.59. The number of aromatic nitrogens is 1. The number of rotatable bonds is 4. The SMILES string of the molecule is CC(C)(C)OC(=O)N1CCC=C[C@H](NC(=O)C(Cl)(Cl)Cl)C1.O=C(NCc1c(F)cc(F)cc1F)c1cn2c(c(O)c1=O)C(=O)N1CCC=C[C@H]2C1. The van der Waals surface area contributed by atoms with E-state index in [0.717, 1.165) is 6.20 Å². The molecule has 0 spiro atoms. The molecular weight excluding hydrogens is 742 g/mol. The zero-order valence-corrected chi connectivity index (χ0v) is 29.9. The lowest BCUT2D eigenvalue weighted by molar-refractivity contribution is -0.120. The molecule has 3 aliphatic heterocycles. The fourth-order valence-corrected chi connectivity index (χ4v) is 5.52. The fourth-order valence-electron chi connectivity index (χ4n) is 5.35. The number of aromatic hydroxyl groups is 1. The second kappa shape index (κ2) is 16.0. The van der Waals surface area contributed by atoms with Gasteiger partial charge in [-0.1, -0.05) is 59.1 Å². The number of ether oxygens (including phenoxy) is 1. The Balaban J connectivity index is 0.000000245. The van der Waals surface area contributed by atoms with Crippen molar-refractivity contribution in [2.24, 2.45) is 0 Å². The molecule has 276 valence electrons. The van der Waals surface area contributed by atoms with Gasteiger partial charge >= 0.3 is 6.09 Å². The van der Waals surface area contributed by atoms with Crippen molar-refractivity contribution in [1.29, 1.82) is 0 Å². The van der Waals surface area contributed by atoms with Gasteiger partial charge in [-0.3, -0.25) is 19.2 Å². The van der Waals surface area contributed by atoms with Crippen LogP contribution in [0.5, 0.6) is 5.75 Å². The zero-order chi connectivity index (χ0) is 37.8. The topological polar surface area (TPSA) is 150 Å². The predicted octanol–water partition coefficient (Wildman–Crippen LogP) is 4.90. The lowest BCUT2D eigenvalue weighted by atomic mass is 10.1. The Morgan fingerprint density at radius 3 is 2.24 bits per heavy atom. The Morgan fingerprint density at radius 1 is 0.980 bits per heavy atom. The predicted molar refractivity (Wildman–Crippen MR) is 182 cm³/mol. The van der Waals surface area contributed by atoms with Crippen LogP contribution in [0.2, 0.25) is 0 Å². The van der Waals surface area contributed by atoms with Crippen molar-refractivity contribution >= 4 is 58.6 Å². The number of nitrogens with zero attached hydrogens (tertiary/aromatic N) is 3. The monoisotopic (exact) mass is 775 g/mol. The van der Waals surface area contributed by atoms with Gasteiger partial charge in [0.05, 0.1) is 12.1 Å². The number of carbonyl (C=O) groups excluding carboxylic acids is 4. The van der Waals surface area contributed by atoms with Gasteiger partial charge in [0.1, 0.15) is 28.6 Å². The first-order valence-electron chi connectivity index (χ1n) is 15.6. The molecule has 0 saturated carbocycles. The molecule has 51 heavy (non-hydrogen) atoms. The van der Waals surface area contributed by atoms with E-state index in [9.17, 15) is 42.3 Å². The normalized spacial score (nSPS) is 18.5. The summed E-state index contributed by atoms with van der Waals surface area (Å²) in [6, 6.07) is 0.133. The van der Waals surface area contributed by atoms with Crippen molar-refractivity contribution in [2.45, 2.75) is 61.6 Å². The maximum absolute atomic E-state index is 13.8. The third kappa shape index (κ3) is 9.98. The quantitative estimate of drug-likeness (QED) is 0.296. The summed E-state index contributed by atoms with van der Waals surface area (Å²) in [4.78, 5) is 64.4. The molecule has 1 aromatic carbocycles. The Kier molecular flexibility index (Phi) is 12.4. The third-order valence-electron chi connectivity index (χ3n) is 7.74. The summed E-state index contributed by atoms with van der Waals surface area (Å²) in [6.45, 7) is 6.27. The maximum atomic E-state index is 13.8. The van der Waals surface area contributed by atoms with E-state index in [4.69, 9.17) is 39.5 Å². The van der Waals surface area contributed by atoms with Crippen molar-refractivity contribution in [3.63, 3.8) is 0 Å². The van der Waals surface area contributed by atoms with Gasteiger partial charge in [0.25, 0.3) is 21.5 Å². The van der Waals surface area contributed by atoms with Crippen molar-refractivity contribution < 1.29 is 42.2 Å². The van der Waals surface area contributed by atoms with Gasteiger partial charge in [0.2, 0.25) is 5.43 Å². The van der Waals surface area contributed by atoms with E-state index in [0.29, 0.717) is 44.6 Å². The van der Waals surface area contributed by atoms with Gasteiger partial charge < -0.3 is 34.8 Å². The average Bonchev–Trinajstić information content (AvgIpc) is 3.39. The molecule has 4 amide bonds. The first-order chi connectivity index (χ1) is 23.8. The largest absolute Gasteiger partial charge is 0.503 e. The van der Waals surface area contributed by atoms with Crippen LogP contribution in [0.1, 0.15) is 66.1 Å². The van der Waals surface area contributed by atoms with Gasteiger partial charge in [0.15, 0.2) is 11.4 Å². The van der Waals surface area contributed by atoms with E-state index in [1.165, 1.54) is 14.4 Å². The minimum absolute atomic E-state index is 0.213. The number of alkyl halides is 3. The fraction of sp³-hybridized carbons (Fsp3) is 0.424. The molecule has 0 aliphatic carbocycles. The molecule has 2 atom stereocenters. The van der Waals surface area contributed by atoms with Crippen LogP contribution >= 0.6 is 34.8 Å². The molecule has 12 nitrogen and oxygen atoms in total. The number of benzene rings is 1. The van der Waals surface area contributed by atoms with E-state index < -0.39 is 85.6 Å². The molecule has 3 N–H and O–H groups in total. The lowest BCUT2D eigenvalue weighted by Crippen LogP contribution is -2.48. The van der Waals surface area contributed by atoms with Crippen LogP contribution in [0.25, 0.3) is 0 Å². The number of fused-ring (bicyclic) bond motifs is 4. The highest BCUT2D eigenvalue weighted by atomic mass is 35.6. The highest BCUT2D eigenvalue weighted by molar-refractivity contribution is 6.76. The van der Waals surface area contributed by atoms with E-state index in [1.807, 2.05) is 18.2 Å². The van der Waals surface area contributed by atoms with Crippen LogP contribution in [0.15, 0.2) is 47.4 Å². The molecule has 0 saturated heterocycles. The highest BCUT2D eigenvalue weighted by Gasteiger charge is 2.36. The summed E-state index contributed by atoms with van der Waals surface area (Å²) in [7, 11) is 0. The molecule has 1 aromatic heterocycles. The van der Waals surface area contributed by atoms with Gasteiger partial charge in [-0.2, -0.15) is 0 Å². The van der Waals surface area contributed by atoms with Gasteiger partial charge in [-0.25, -0.2) is 18.0 Å². The van der Waals surface area contributed by atoms with Crippen molar-refractivity contribution in [3.8, 4) is 5.75 Å². The second-order valence-electron chi connectivity index (χ2n) is 12.8. The third-order valence-corrected chi connectivity index (χ3v) is 8.26. The number of halogens is 6. The number of hydrogen-bond donors (Lipinski definition) is 3. The minimum Gasteiger partial charge on any atom is -0.503 e. The van der Waals surface area contributed by atoms with E-state index >= 15 is 0 Å². The van der Waals surface area contributed by atoms with Gasteiger partial charge in [-0.15, -0.1) is 0 Å². The Labute approximate surface area is 305 Å². The summed E-state index contributed by atoms with van der Waals surface area (Å²) in [6.07, 6.45) is 9.32. The lowest BCUT2D eigenvalue weighted by Gasteiger charge is -2.33. The van der Waals surface area contributed by atoms with E-state index in [1.54, 1.807) is 26.8 Å². The Morgan fingerprint density at radius 2 is 1.61 bits per heavy atom. The number of nitrogens with one attached hydrogen (secondary N) is 2. The number of pyridine rings is 1. The van der Waals surface area contributed by atoms with E-state index in [-0.39, 0.29) is 18.3 Å². The number of hydrogen-bond acceptors (Lipinski definition) is 7. The minimum atomic E-state index is -2.03. The first kappa shape index (κ1) is 39.6. The average molecular weight is 777 g/mol. The molecule has 4 heterocycles. The van der Waals surface area contributed by atoms with E-state index in [2.05, 4.69) is 10.6 Å². The van der Waals surface area contributed by atoms with Crippen LogP contribution in [-0.2, 0) is 16.1 Å². The van der Waals surface area contributed by atoms with Crippen LogP contribution in [0, 0.1) is 17.5 Å². The summed E-state index contributed by atoms with van der Waals surface area (Å²) in [5.41, 5.74) is -2.93. The molecule has 5 rings (SSSR count).